The molecule has 2 heterocycles. The summed E-state index contributed by atoms with van der Waals surface area (Å²) in [4.78, 5) is 22.4. The average molecular weight is 314 g/mol. The van der Waals surface area contributed by atoms with E-state index in [4.69, 9.17) is 0 Å². The van der Waals surface area contributed by atoms with E-state index in [1.807, 2.05) is 31.2 Å². The van der Waals surface area contributed by atoms with E-state index < -0.39 is 0 Å². The second-order valence-electron chi connectivity index (χ2n) is 6.43. The molecule has 0 saturated carbocycles. The summed E-state index contributed by atoms with van der Waals surface area (Å²) < 4.78 is 0. The van der Waals surface area contributed by atoms with Gasteiger partial charge < -0.3 is 15.2 Å². The molecule has 5 heteroatoms. The molecule has 1 saturated heterocycles. The summed E-state index contributed by atoms with van der Waals surface area (Å²) >= 11 is 0. The summed E-state index contributed by atoms with van der Waals surface area (Å²) in [5.41, 5.74) is 1.95. The van der Waals surface area contributed by atoms with Crippen LogP contribution in [0.2, 0.25) is 0 Å². The number of benzene rings is 1. The lowest BCUT2D eigenvalue weighted by Gasteiger charge is -2.19. The number of amides is 1. The molecule has 0 spiro atoms. The van der Waals surface area contributed by atoms with Gasteiger partial charge in [0.2, 0.25) is 5.91 Å². The third-order valence-electron chi connectivity index (χ3n) is 4.55. The Morgan fingerprint density at radius 3 is 2.74 bits per heavy atom. The SMILES string of the molecule is CC(NC(=O)CCN1CCCCCC1)c1nc2ccccc2[nH]1. The molecule has 1 aliphatic heterocycles. The molecule has 2 N–H and O–H groups in total. The number of aromatic nitrogens is 2. The monoisotopic (exact) mass is 314 g/mol. The van der Waals surface area contributed by atoms with Gasteiger partial charge in [0.1, 0.15) is 5.82 Å². The van der Waals surface area contributed by atoms with Crippen LogP contribution in [-0.4, -0.2) is 40.4 Å². The molecule has 2 aromatic rings. The molecule has 1 fully saturated rings. The van der Waals surface area contributed by atoms with Gasteiger partial charge in [-0.1, -0.05) is 25.0 Å². The molecule has 1 unspecified atom stereocenters. The van der Waals surface area contributed by atoms with Crippen molar-refractivity contribution in [1.29, 1.82) is 0 Å². The predicted molar refractivity (Wildman–Crippen MR) is 92.2 cm³/mol. The quantitative estimate of drug-likeness (QED) is 0.892. The van der Waals surface area contributed by atoms with Crippen LogP contribution in [-0.2, 0) is 4.79 Å². The minimum absolute atomic E-state index is 0.0981. The number of rotatable bonds is 5. The van der Waals surface area contributed by atoms with E-state index in [1.54, 1.807) is 0 Å². The van der Waals surface area contributed by atoms with Gasteiger partial charge in [0.05, 0.1) is 17.1 Å². The molecule has 5 nitrogen and oxygen atoms in total. The van der Waals surface area contributed by atoms with Crippen molar-refractivity contribution in [3.63, 3.8) is 0 Å². The average Bonchev–Trinajstić information content (AvgIpc) is 2.82. The Balaban J connectivity index is 1.50. The summed E-state index contributed by atoms with van der Waals surface area (Å²) in [6.45, 7) is 5.10. The van der Waals surface area contributed by atoms with Gasteiger partial charge in [-0.2, -0.15) is 0 Å². The van der Waals surface area contributed by atoms with E-state index in [9.17, 15) is 4.79 Å². The maximum absolute atomic E-state index is 12.2. The first-order valence-electron chi connectivity index (χ1n) is 8.69. The van der Waals surface area contributed by atoms with E-state index in [1.165, 1.54) is 25.7 Å². The normalized spacial score (nSPS) is 17.8. The number of para-hydroxylation sites is 2. The zero-order chi connectivity index (χ0) is 16.1. The Labute approximate surface area is 137 Å². The van der Waals surface area contributed by atoms with Crippen LogP contribution in [0.5, 0.6) is 0 Å². The summed E-state index contributed by atoms with van der Waals surface area (Å²) in [5.74, 6) is 0.913. The fourth-order valence-corrected chi connectivity index (χ4v) is 3.18. The molecule has 1 aromatic heterocycles. The van der Waals surface area contributed by atoms with E-state index >= 15 is 0 Å². The number of nitrogens with one attached hydrogen (secondary N) is 2. The second-order valence-corrected chi connectivity index (χ2v) is 6.43. The summed E-state index contributed by atoms with van der Waals surface area (Å²) in [6, 6.07) is 7.83. The van der Waals surface area contributed by atoms with Gasteiger partial charge in [0.25, 0.3) is 0 Å². The number of fused-ring (bicyclic) bond motifs is 1. The molecule has 0 radical (unpaired) electrons. The number of nitrogens with zero attached hydrogens (tertiary/aromatic N) is 2. The maximum Gasteiger partial charge on any atom is 0.221 e. The number of likely N-dealkylation sites (tertiary alicyclic amines) is 1. The van der Waals surface area contributed by atoms with Crippen LogP contribution in [0.25, 0.3) is 11.0 Å². The number of carbonyl (C=O) groups is 1. The predicted octanol–water partition coefficient (Wildman–Crippen LogP) is 3.01. The molecule has 3 rings (SSSR count). The highest BCUT2D eigenvalue weighted by molar-refractivity contribution is 5.77. The Bertz CT molecular complexity index is 610. The van der Waals surface area contributed by atoms with Crippen molar-refractivity contribution in [3.05, 3.63) is 30.1 Å². The summed E-state index contributed by atoms with van der Waals surface area (Å²) in [7, 11) is 0. The Kier molecular flexibility index (Phi) is 5.28. The van der Waals surface area contributed by atoms with E-state index in [2.05, 4.69) is 20.2 Å². The van der Waals surface area contributed by atoms with Crippen molar-refractivity contribution >= 4 is 16.9 Å². The van der Waals surface area contributed by atoms with Crippen molar-refractivity contribution in [1.82, 2.24) is 20.2 Å². The zero-order valence-corrected chi connectivity index (χ0v) is 13.8. The molecule has 1 atom stereocenters. The first-order chi connectivity index (χ1) is 11.2. The Hall–Kier alpha value is -1.88. The number of H-pyrrole nitrogens is 1. The fourth-order valence-electron chi connectivity index (χ4n) is 3.18. The molecule has 0 aliphatic carbocycles. The minimum Gasteiger partial charge on any atom is -0.346 e. The van der Waals surface area contributed by atoms with Crippen molar-refractivity contribution in [2.75, 3.05) is 19.6 Å². The second kappa shape index (κ2) is 7.59. The lowest BCUT2D eigenvalue weighted by Crippen LogP contribution is -2.33. The van der Waals surface area contributed by atoms with Crippen molar-refractivity contribution < 1.29 is 4.79 Å². The third-order valence-corrected chi connectivity index (χ3v) is 4.55. The fraction of sp³-hybridized carbons (Fsp3) is 0.556. The van der Waals surface area contributed by atoms with Gasteiger partial charge in [0.15, 0.2) is 0 Å². The number of imidazole rings is 1. The van der Waals surface area contributed by atoms with Crippen LogP contribution in [0.3, 0.4) is 0 Å². The highest BCUT2D eigenvalue weighted by Gasteiger charge is 2.15. The lowest BCUT2D eigenvalue weighted by molar-refractivity contribution is -0.122. The van der Waals surface area contributed by atoms with Gasteiger partial charge >= 0.3 is 0 Å². The maximum atomic E-state index is 12.2. The topological polar surface area (TPSA) is 61.0 Å². The van der Waals surface area contributed by atoms with Gasteiger partial charge in [0, 0.05) is 13.0 Å². The van der Waals surface area contributed by atoms with Crippen LogP contribution >= 0.6 is 0 Å². The molecular weight excluding hydrogens is 288 g/mol. The number of aromatic amines is 1. The summed E-state index contributed by atoms with van der Waals surface area (Å²) in [5, 5.41) is 3.05. The van der Waals surface area contributed by atoms with Gasteiger partial charge in [-0.25, -0.2) is 4.98 Å². The molecular formula is C18H26N4O. The first-order valence-corrected chi connectivity index (χ1v) is 8.69. The Morgan fingerprint density at radius 2 is 2.00 bits per heavy atom. The summed E-state index contributed by atoms with van der Waals surface area (Å²) in [6.07, 6.45) is 5.73. The van der Waals surface area contributed by atoms with Gasteiger partial charge in [-0.15, -0.1) is 0 Å². The number of hydrogen-bond acceptors (Lipinski definition) is 3. The highest BCUT2D eigenvalue weighted by Crippen LogP contribution is 2.15. The first kappa shape index (κ1) is 16.0. The van der Waals surface area contributed by atoms with Crippen LogP contribution in [0.15, 0.2) is 24.3 Å². The number of hydrogen-bond donors (Lipinski definition) is 2. The van der Waals surface area contributed by atoms with E-state index in [-0.39, 0.29) is 11.9 Å². The molecule has 1 aliphatic rings. The molecule has 0 bridgehead atoms. The zero-order valence-electron chi connectivity index (χ0n) is 13.8. The van der Waals surface area contributed by atoms with Crippen molar-refractivity contribution in [3.8, 4) is 0 Å². The molecule has 1 aromatic carbocycles. The highest BCUT2D eigenvalue weighted by atomic mass is 16.1. The van der Waals surface area contributed by atoms with Crippen molar-refractivity contribution in [2.45, 2.75) is 45.1 Å². The van der Waals surface area contributed by atoms with E-state index in [0.29, 0.717) is 6.42 Å². The third kappa shape index (κ3) is 4.32. The largest absolute Gasteiger partial charge is 0.346 e. The van der Waals surface area contributed by atoms with Crippen LogP contribution in [0.1, 0.15) is 50.9 Å². The lowest BCUT2D eigenvalue weighted by atomic mass is 10.2. The van der Waals surface area contributed by atoms with Crippen LogP contribution in [0, 0.1) is 0 Å². The van der Waals surface area contributed by atoms with Crippen LogP contribution < -0.4 is 5.32 Å². The van der Waals surface area contributed by atoms with E-state index in [0.717, 1.165) is 36.5 Å². The molecule has 1 amide bonds. The van der Waals surface area contributed by atoms with Gasteiger partial charge in [-0.05, 0) is 45.0 Å². The minimum atomic E-state index is -0.0981. The van der Waals surface area contributed by atoms with Crippen molar-refractivity contribution in [2.24, 2.45) is 0 Å². The van der Waals surface area contributed by atoms with Crippen LogP contribution in [0.4, 0.5) is 0 Å². The molecule has 23 heavy (non-hydrogen) atoms. The van der Waals surface area contributed by atoms with Gasteiger partial charge in [-0.3, -0.25) is 4.79 Å². The number of carbonyl (C=O) groups excluding carboxylic acids is 1. The smallest absolute Gasteiger partial charge is 0.221 e. The Morgan fingerprint density at radius 1 is 1.26 bits per heavy atom. The standard InChI is InChI=1S/C18H26N4O/c1-14(18-20-15-8-4-5-9-16(15)21-18)19-17(23)10-13-22-11-6-2-3-7-12-22/h4-5,8-9,14H,2-3,6-7,10-13H2,1H3,(H,19,23)(H,20,21). The molecule has 124 valence electrons.